The standard InChI is InChI=1S/C14H18F3NO3S/c1-8(2)22(20,21)10(4)13(19)18-11-6-5-9(3)12(7-11)14(15,16)17/h5-8,10H,1-4H3,(H,18,19)/t10-/m1/s1. The number of carbonyl (C=O) groups is 1. The molecule has 0 aliphatic carbocycles. The number of anilines is 1. The minimum absolute atomic E-state index is 0.0216. The summed E-state index contributed by atoms with van der Waals surface area (Å²) in [4.78, 5) is 11.9. The monoisotopic (exact) mass is 337 g/mol. The summed E-state index contributed by atoms with van der Waals surface area (Å²) in [6.07, 6.45) is -4.54. The van der Waals surface area contributed by atoms with E-state index in [0.717, 1.165) is 6.07 Å². The molecule has 0 unspecified atom stereocenters. The molecule has 1 amide bonds. The van der Waals surface area contributed by atoms with E-state index in [4.69, 9.17) is 0 Å². The number of alkyl halides is 3. The van der Waals surface area contributed by atoms with E-state index in [-0.39, 0.29) is 11.3 Å². The SMILES string of the molecule is Cc1ccc(NC(=O)[C@@H](C)S(=O)(=O)C(C)C)cc1C(F)(F)F. The molecule has 0 saturated heterocycles. The predicted octanol–water partition coefficient (Wildman–Crippen LogP) is 3.16. The molecular weight excluding hydrogens is 319 g/mol. The first kappa shape index (κ1) is 18.5. The van der Waals surface area contributed by atoms with Gasteiger partial charge in [0.1, 0.15) is 5.25 Å². The molecule has 0 aromatic heterocycles. The molecule has 0 heterocycles. The zero-order valence-electron chi connectivity index (χ0n) is 12.7. The lowest BCUT2D eigenvalue weighted by molar-refractivity contribution is -0.138. The molecule has 0 aliphatic rings. The van der Waals surface area contributed by atoms with Gasteiger partial charge in [-0.2, -0.15) is 13.2 Å². The van der Waals surface area contributed by atoms with Crippen molar-refractivity contribution in [1.29, 1.82) is 0 Å². The van der Waals surface area contributed by atoms with Gasteiger partial charge in [0.2, 0.25) is 5.91 Å². The van der Waals surface area contributed by atoms with Gasteiger partial charge in [-0.25, -0.2) is 8.42 Å². The maximum Gasteiger partial charge on any atom is 0.416 e. The maximum absolute atomic E-state index is 12.8. The second-order valence-electron chi connectivity index (χ2n) is 5.30. The number of hydrogen-bond acceptors (Lipinski definition) is 3. The zero-order valence-corrected chi connectivity index (χ0v) is 13.5. The van der Waals surface area contributed by atoms with Crippen molar-refractivity contribution in [2.45, 2.75) is 44.4 Å². The average molecular weight is 337 g/mol. The Balaban J connectivity index is 3.04. The summed E-state index contributed by atoms with van der Waals surface area (Å²) in [6, 6.07) is 3.32. The number of benzene rings is 1. The van der Waals surface area contributed by atoms with Crippen LogP contribution in [0.25, 0.3) is 0 Å². The lowest BCUT2D eigenvalue weighted by Crippen LogP contribution is -2.36. The lowest BCUT2D eigenvalue weighted by atomic mass is 10.1. The van der Waals surface area contributed by atoms with Gasteiger partial charge < -0.3 is 5.32 Å². The minimum Gasteiger partial charge on any atom is -0.325 e. The van der Waals surface area contributed by atoms with Crippen LogP contribution in [0.1, 0.15) is 31.9 Å². The van der Waals surface area contributed by atoms with Crippen molar-refractivity contribution in [3.05, 3.63) is 29.3 Å². The van der Waals surface area contributed by atoms with E-state index < -0.39 is 38.0 Å². The molecule has 4 nitrogen and oxygen atoms in total. The van der Waals surface area contributed by atoms with Crippen LogP contribution in [0.15, 0.2) is 18.2 Å². The fourth-order valence-electron chi connectivity index (χ4n) is 1.81. The third-order valence-electron chi connectivity index (χ3n) is 3.33. The van der Waals surface area contributed by atoms with Gasteiger partial charge in [-0.3, -0.25) is 4.79 Å². The first-order valence-electron chi connectivity index (χ1n) is 6.58. The van der Waals surface area contributed by atoms with Gasteiger partial charge >= 0.3 is 6.18 Å². The van der Waals surface area contributed by atoms with Gasteiger partial charge in [0.15, 0.2) is 9.84 Å². The molecule has 1 aromatic rings. The molecule has 1 atom stereocenters. The number of carbonyl (C=O) groups excluding carboxylic acids is 1. The van der Waals surface area contributed by atoms with Crippen LogP contribution in [0.3, 0.4) is 0 Å². The van der Waals surface area contributed by atoms with E-state index in [1.54, 1.807) is 0 Å². The Morgan fingerprint density at radius 2 is 1.73 bits per heavy atom. The predicted molar refractivity (Wildman–Crippen MR) is 78.3 cm³/mol. The van der Waals surface area contributed by atoms with Gasteiger partial charge in [0, 0.05) is 5.69 Å². The van der Waals surface area contributed by atoms with Gasteiger partial charge in [-0.05, 0) is 45.4 Å². The molecule has 22 heavy (non-hydrogen) atoms. The highest BCUT2D eigenvalue weighted by atomic mass is 32.2. The first-order valence-corrected chi connectivity index (χ1v) is 8.19. The maximum atomic E-state index is 12.8. The number of sulfone groups is 1. The van der Waals surface area contributed by atoms with Crippen molar-refractivity contribution in [3.63, 3.8) is 0 Å². The highest BCUT2D eigenvalue weighted by Crippen LogP contribution is 2.33. The molecule has 0 saturated carbocycles. The molecule has 0 aliphatic heterocycles. The number of aryl methyl sites for hydroxylation is 1. The smallest absolute Gasteiger partial charge is 0.325 e. The molecule has 0 fully saturated rings. The fourth-order valence-corrected chi connectivity index (χ4v) is 2.98. The summed E-state index contributed by atoms with van der Waals surface area (Å²) in [7, 11) is -3.68. The molecule has 124 valence electrons. The third-order valence-corrected chi connectivity index (χ3v) is 5.84. The second kappa shape index (κ2) is 6.28. The van der Waals surface area contributed by atoms with Gasteiger partial charge in [0.05, 0.1) is 10.8 Å². The van der Waals surface area contributed by atoms with Crippen LogP contribution in [0.2, 0.25) is 0 Å². The quantitative estimate of drug-likeness (QED) is 0.918. The minimum atomic E-state index is -4.54. The summed E-state index contributed by atoms with van der Waals surface area (Å²) in [5.74, 6) is -0.856. The summed E-state index contributed by atoms with van der Waals surface area (Å²) in [5.41, 5.74) is -0.938. The van der Waals surface area contributed by atoms with E-state index in [9.17, 15) is 26.4 Å². The van der Waals surface area contributed by atoms with Gasteiger partial charge in [-0.1, -0.05) is 6.07 Å². The summed E-state index contributed by atoms with van der Waals surface area (Å²) >= 11 is 0. The van der Waals surface area contributed by atoms with Crippen LogP contribution in [0.5, 0.6) is 0 Å². The molecule has 0 bridgehead atoms. The summed E-state index contributed by atoms with van der Waals surface area (Å²) in [6.45, 7) is 5.39. The second-order valence-corrected chi connectivity index (χ2v) is 8.12. The van der Waals surface area contributed by atoms with Gasteiger partial charge in [0.25, 0.3) is 0 Å². The van der Waals surface area contributed by atoms with Crippen molar-refractivity contribution in [2.75, 3.05) is 5.32 Å². The van der Waals surface area contributed by atoms with Crippen molar-refractivity contribution >= 4 is 21.4 Å². The largest absolute Gasteiger partial charge is 0.416 e. The first-order chi connectivity index (χ1) is 9.87. The average Bonchev–Trinajstić information content (AvgIpc) is 2.38. The molecule has 0 radical (unpaired) electrons. The highest BCUT2D eigenvalue weighted by Gasteiger charge is 2.34. The highest BCUT2D eigenvalue weighted by molar-refractivity contribution is 7.93. The molecule has 1 N–H and O–H groups in total. The van der Waals surface area contributed by atoms with Crippen LogP contribution < -0.4 is 5.32 Å². The van der Waals surface area contributed by atoms with Crippen molar-refractivity contribution in [3.8, 4) is 0 Å². The summed E-state index contributed by atoms with van der Waals surface area (Å²) in [5, 5.41) is 0.127. The third kappa shape index (κ3) is 4.00. The Kier molecular flexibility index (Phi) is 5.27. The fraction of sp³-hybridized carbons (Fsp3) is 0.500. The Morgan fingerprint density at radius 1 is 1.18 bits per heavy atom. The van der Waals surface area contributed by atoms with Crippen LogP contribution in [-0.4, -0.2) is 24.8 Å². The molecule has 8 heteroatoms. The van der Waals surface area contributed by atoms with Crippen molar-refractivity contribution < 1.29 is 26.4 Å². The molecule has 0 spiro atoms. The van der Waals surface area contributed by atoms with Crippen molar-refractivity contribution in [2.24, 2.45) is 0 Å². The number of amides is 1. The number of hydrogen-bond donors (Lipinski definition) is 1. The lowest BCUT2D eigenvalue weighted by Gasteiger charge is -2.17. The van der Waals surface area contributed by atoms with Gasteiger partial charge in [-0.15, -0.1) is 0 Å². The van der Waals surface area contributed by atoms with E-state index in [0.29, 0.717) is 0 Å². The Labute approximate surface area is 127 Å². The van der Waals surface area contributed by atoms with Crippen molar-refractivity contribution in [1.82, 2.24) is 0 Å². The Morgan fingerprint density at radius 3 is 2.18 bits per heavy atom. The number of halogens is 3. The Bertz CT molecular complexity index is 666. The zero-order chi connectivity index (χ0) is 17.3. The van der Waals surface area contributed by atoms with E-state index in [2.05, 4.69) is 5.32 Å². The van der Waals surface area contributed by atoms with Crippen LogP contribution in [-0.2, 0) is 20.8 Å². The van der Waals surface area contributed by atoms with E-state index in [1.165, 1.54) is 39.8 Å². The molecule has 1 rings (SSSR count). The van der Waals surface area contributed by atoms with Crippen LogP contribution in [0, 0.1) is 6.92 Å². The molecule has 1 aromatic carbocycles. The van der Waals surface area contributed by atoms with Crippen LogP contribution >= 0.6 is 0 Å². The number of nitrogens with one attached hydrogen (secondary N) is 1. The summed E-state index contributed by atoms with van der Waals surface area (Å²) < 4.78 is 62.2. The Hall–Kier alpha value is -1.57. The molecular formula is C14H18F3NO3S. The normalized spacial score (nSPS) is 14.0. The van der Waals surface area contributed by atoms with E-state index >= 15 is 0 Å². The van der Waals surface area contributed by atoms with Crippen LogP contribution in [0.4, 0.5) is 18.9 Å². The topological polar surface area (TPSA) is 63.2 Å². The van der Waals surface area contributed by atoms with E-state index in [1.807, 2.05) is 0 Å². The number of rotatable bonds is 4.